The van der Waals surface area contributed by atoms with Crippen molar-refractivity contribution >= 4 is 11.7 Å². The number of amides is 2. The lowest BCUT2D eigenvalue weighted by Crippen LogP contribution is -2.46. The Bertz CT molecular complexity index is 607. The number of nitrogens with one attached hydrogen (secondary N) is 1. The monoisotopic (exact) mass is 357 g/mol. The van der Waals surface area contributed by atoms with Gasteiger partial charge in [-0.15, -0.1) is 0 Å². The molecule has 3 aliphatic rings. The highest BCUT2D eigenvalue weighted by atomic mass is 16.2. The standard InChI is InChI=1S/C20H31N5O/c1-15-6-9-24(10-7-15)13-16-3-2-8-25(14-16)20(26)23-18-11-21-19(22-12-18)17-4-5-17/h11-12,15-17H,2-10,13-14H2,1H3,(H,23,26). The zero-order chi connectivity index (χ0) is 17.9. The summed E-state index contributed by atoms with van der Waals surface area (Å²) in [6.45, 7) is 7.63. The Morgan fingerprint density at radius 2 is 1.85 bits per heavy atom. The van der Waals surface area contributed by atoms with Gasteiger partial charge < -0.3 is 15.1 Å². The van der Waals surface area contributed by atoms with Crippen LogP contribution in [0.5, 0.6) is 0 Å². The van der Waals surface area contributed by atoms with Crippen LogP contribution in [0.3, 0.4) is 0 Å². The molecule has 142 valence electrons. The van der Waals surface area contributed by atoms with Crippen molar-refractivity contribution < 1.29 is 4.79 Å². The second-order valence-corrected chi connectivity index (χ2v) is 8.47. The number of nitrogens with zero attached hydrogens (tertiary/aromatic N) is 4. The first-order chi connectivity index (χ1) is 12.7. The van der Waals surface area contributed by atoms with Crippen LogP contribution in [0.15, 0.2) is 12.4 Å². The molecule has 1 N–H and O–H groups in total. The third-order valence-corrected chi connectivity index (χ3v) is 6.06. The van der Waals surface area contributed by atoms with E-state index >= 15 is 0 Å². The Labute approximate surface area is 156 Å². The fraction of sp³-hybridized carbons (Fsp3) is 0.750. The number of urea groups is 1. The minimum atomic E-state index is -0.00950. The molecule has 3 heterocycles. The number of rotatable bonds is 4. The highest BCUT2D eigenvalue weighted by Gasteiger charge is 2.28. The van der Waals surface area contributed by atoms with Crippen LogP contribution in [-0.2, 0) is 0 Å². The maximum atomic E-state index is 12.6. The van der Waals surface area contributed by atoms with Gasteiger partial charge in [0.2, 0.25) is 0 Å². The third kappa shape index (κ3) is 4.53. The van der Waals surface area contributed by atoms with E-state index < -0.39 is 0 Å². The topological polar surface area (TPSA) is 61.4 Å². The lowest BCUT2D eigenvalue weighted by Gasteiger charge is -2.37. The molecule has 1 aromatic heterocycles. The zero-order valence-electron chi connectivity index (χ0n) is 15.9. The van der Waals surface area contributed by atoms with Gasteiger partial charge in [-0.2, -0.15) is 0 Å². The van der Waals surface area contributed by atoms with Crippen molar-refractivity contribution in [2.45, 2.75) is 51.4 Å². The molecular formula is C20H31N5O. The molecule has 6 heteroatoms. The lowest BCUT2D eigenvalue weighted by atomic mass is 9.94. The van der Waals surface area contributed by atoms with Gasteiger partial charge in [-0.05, 0) is 63.5 Å². The summed E-state index contributed by atoms with van der Waals surface area (Å²) in [5, 5.41) is 2.98. The molecule has 1 atom stereocenters. The highest BCUT2D eigenvalue weighted by Crippen LogP contribution is 2.37. The first-order valence-corrected chi connectivity index (χ1v) is 10.3. The van der Waals surface area contributed by atoms with Gasteiger partial charge in [0.25, 0.3) is 0 Å². The van der Waals surface area contributed by atoms with Gasteiger partial charge >= 0.3 is 6.03 Å². The van der Waals surface area contributed by atoms with Crippen LogP contribution >= 0.6 is 0 Å². The quantitative estimate of drug-likeness (QED) is 0.898. The van der Waals surface area contributed by atoms with Crippen LogP contribution in [0, 0.1) is 11.8 Å². The van der Waals surface area contributed by atoms with Gasteiger partial charge in [0.05, 0.1) is 18.1 Å². The molecular weight excluding hydrogens is 326 g/mol. The number of carbonyl (C=O) groups excluding carboxylic acids is 1. The van der Waals surface area contributed by atoms with Gasteiger partial charge in [-0.3, -0.25) is 0 Å². The summed E-state index contributed by atoms with van der Waals surface area (Å²) in [5.41, 5.74) is 0.701. The average molecular weight is 358 g/mol. The molecule has 2 aliphatic heterocycles. The molecule has 4 rings (SSSR count). The zero-order valence-corrected chi connectivity index (χ0v) is 15.9. The van der Waals surface area contributed by atoms with E-state index in [9.17, 15) is 4.79 Å². The van der Waals surface area contributed by atoms with E-state index in [1.165, 1.54) is 45.2 Å². The molecule has 26 heavy (non-hydrogen) atoms. The number of hydrogen-bond acceptors (Lipinski definition) is 4. The molecule has 0 aromatic carbocycles. The molecule has 3 fully saturated rings. The van der Waals surface area contributed by atoms with E-state index in [2.05, 4.69) is 27.1 Å². The van der Waals surface area contributed by atoms with Gasteiger partial charge in [-0.25, -0.2) is 14.8 Å². The van der Waals surface area contributed by atoms with E-state index in [4.69, 9.17) is 0 Å². The van der Waals surface area contributed by atoms with Crippen molar-refractivity contribution in [3.63, 3.8) is 0 Å². The summed E-state index contributed by atoms with van der Waals surface area (Å²) < 4.78 is 0. The van der Waals surface area contributed by atoms with Gasteiger partial charge in [0.15, 0.2) is 0 Å². The van der Waals surface area contributed by atoms with E-state index in [0.29, 0.717) is 17.5 Å². The number of hydrogen-bond donors (Lipinski definition) is 1. The molecule has 1 aliphatic carbocycles. The van der Waals surface area contributed by atoms with E-state index in [-0.39, 0.29) is 6.03 Å². The average Bonchev–Trinajstić information content (AvgIpc) is 3.50. The smallest absolute Gasteiger partial charge is 0.321 e. The summed E-state index contributed by atoms with van der Waals surface area (Å²) in [7, 11) is 0. The van der Waals surface area contributed by atoms with Crippen LogP contribution in [0.2, 0.25) is 0 Å². The van der Waals surface area contributed by atoms with Crippen molar-refractivity contribution in [1.29, 1.82) is 0 Å². The summed E-state index contributed by atoms with van der Waals surface area (Å²) in [5.74, 6) is 2.92. The Morgan fingerprint density at radius 1 is 1.12 bits per heavy atom. The third-order valence-electron chi connectivity index (χ3n) is 6.06. The van der Waals surface area contributed by atoms with Gasteiger partial charge in [0.1, 0.15) is 5.82 Å². The van der Waals surface area contributed by atoms with Gasteiger partial charge in [-0.1, -0.05) is 6.92 Å². The fourth-order valence-electron chi connectivity index (χ4n) is 4.17. The molecule has 0 bridgehead atoms. The van der Waals surface area contributed by atoms with E-state index in [0.717, 1.165) is 37.8 Å². The maximum absolute atomic E-state index is 12.6. The van der Waals surface area contributed by atoms with Gasteiger partial charge in [0, 0.05) is 25.6 Å². The lowest BCUT2D eigenvalue weighted by molar-refractivity contribution is 0.124. The molecule has 0 radical (unpaired) electrons. The van der Waals surface area contributed by atoms with Crippen molar-refractivity contribution in [3.05, 3.63) is 18.2 Å². The number of piperidine rings is 2. The van der Waals surface area contributed by atoms with Crippen molar-refractivity contribution in [3.8, 4) is 0 Å². The Balaban J connectivity index is 1.27. The second kappa shape index (κ2) is 7.91. The van der Waals surface area contributed by atoms with Crippen molar-refractivity contribution in [2.24, 2.45) is 11.8 Å². The van der Waals surface area contributed by atoms with Crippen LogP contribution in [-0.4, -0.2) is 58.5 Å². The van der Waals surface area contributed by atoms with Crippen LogP contribution in [0.1, 0.15) is 57.2 Å². The Kier molecular flexibility index (Phi) is 5.38. The Morgan fingerprint density at radius 3 is 2.54 bits per heavy atom. The molecule has 1 unspecified atom stereocenters. The number of likely N-dealkylation sites (tertiary alicyclic amines) is 2. The van der Waals surface area contributed by atoms with E-state index in [1.807, 2.05) is 4.90 Å². The molecule has 1 saturated carbocycles. The highest BCUT2D eigenvalue weighted by molar-refractivity contribution is 5.89. The fourth-order valence-corrected chi connectivity index (χ4v) is 4.17. The molecule has 1 aromatic rings. The molecule has 6 nitrogen and oxygen atoms in total. The largest absolute Gasteiger partial charge is 0.324 e. The van der Waals surface area contributed by atoms with Crippen molar-refractivity contribution in [2.75, 3.05) is 38.0 Å². The normalized spacial score (nSPS) is 25.3. The summed E-state index contributed by atoms with van der Waals surface area (Å²) in [4.78, 5) is 26.0. The predicted molar refractivity (Wildman–Crippen MR) is 102 cm³/mol. The SMILES string of the molecule is CC1CCN(CC2CCCN(C(=O)Nc3cnc(C4CC4)nc3)C2)CC1. The molecule has 0 spiro atoms. The van der Waals surface area contributed by atoms with Crippen LogP contribution in [0.25, 0.3) is 0 Å². The summed E-state index contributed by atoms with van der Waals surface area (Å²) in [6.07, 6.45) is 10.8. The predicted octanol–water partition coefficient (Wildman–Crippen LogP) is 3.33. The summed E-state index contributed by atoms with van der Waals surface area (Å²) >= 11 is 0. The minimum Gasteiger partial charge on any atom is -0.324 e. The first kappa shape index (κ1) is 17.7. The second-order valence-electron chi connectivity index (χ2n) is 8.47. The Hall–Kier alpha value is -1.69. The van der Waals surface area contributed by atoms with Crippen LogP contribution < -0.4 is 5.32 Å². The first-order valence-electron chi connectivity index (χ1n) is 10.3. The van der Waals surface area contributed by atoms with Crippen LogP contribution in [0.4, 0.5) is 10.5 Å². The number of carbonyl (C=O) groups is 1. The maximum Gasteiger partial charge on any atom is 0.321 e. The number of aromatic nitrogens is 2. The summed E-state index contributed by atoms with van der Waals surface area (Å²) in [6, 6.07) is -0.00950. The van der Waals surface area contributed by atoms with Crippen molar-refractivity contribution in [1.82, 2.24) is 19.8 Å². The number of anilines is 1. The molecule has 2 amide bonds. The molecule has 2 saturated heterocycles. The minimum absolute atomic E-state index is 0.00950. The van der Waals surface area contributed by atoms with E-state index in [1.54, 1.807) is 12.4 Å².